The van der Waals surface area contributed by atoms with E-state index in [1.54, 1.807) is 66.6 Å². The van der Waals surface area contributed by atoms with Crippen molar-refractivity contribution in [3.63, 3.8) is 0 Å². The third-order valence-electron chi connectivity index (χ3n) is 25.0. The van der Waals surface area contributed by atoms with Crippen molar-refractivity contribution in [1.29, 1.82) is 0 Å². The van der Waals surface area contributed by atoms with Gasteiger partial charge in [0.25, 0.3) is 0 Å². The summed E-state index contributed by atoms with van der Waals surface area (Å²) in [5, 5.41) is 36.6. The normalized spacial score (nSPS) is 11.2. The SMILES string of the molecule is Cc1ccc(-c2c(C)noc2C)cc1N(C)c1ccc(-n2ccnc2)c(Br)c1.Cc1ccc(-c2c(C)noc2C)cc1N(C)c1ccc(-n2ccnc2)c(C(F)(F)F)c1.Cc1ccc(-c2c(C)noc2C)cc1N(C)c1ccc(-n2ccnc2)c(Cl)c1.Cc1ccc(-c2c(C)noc2C)cc1N(C)c1ccc(-n2ccnn2)cc1.Cc1ccc(-c2c(C)noc2C)cc1N(C)c1ccc(-n2cnnc2)cc1. The van der Waals surface area contributed by atoms with Crippen LogP contribution in [0.15, 0.2) is 302 Å². The Bertz CT molecular complexity index is 7280. The Kier molecular flexibility index (Phi) is 29.1. The quantitative estimate of drug-likeness (QED) is 0.0686. The topological polar surface area (TPSA) is 261 Å². The number of hydrogen-bond acceptors (Lipinski definition) is 22. The van der Waals surface area contributed by atoms with Gasteiger partial charge >= 0.3 is 6.18 Å². The Morgan fingerprint density at radius 2 is 0.596 bits per heavy atom. The van der Waals surface area contributed by atoms with E-state index in [0.717, 1.165) is 197 Å². The number of imidazole rings is 3. The van der Waals surface area contributed by atoms with Crippen LogP contribution in [0.3, 0.4) is 0 Å². The fourth-order valence-corrected chi connectivity index (χ4v) is 18.2. The Hall–Kier alpha value is -16.3. The van der Waals surface area contributed by atoms with Gasteiger partial charge in [-0.3, -0.25) is 4.57 Å². The zero-order valence-electron chi connectivity index (χ0n) is 81.8. The van der Waals surface area contributed by atoms with Gasteiger partial charge in [0.15, 0.2) is 0 Å². The van der Waals surface area contributed by atoms with Gasteiger partial charge < -0.3 is 60.8 Å². The van der Waals surface area contributed by atoms with Crippen LogP contribution in [0.4, 0.5) is 70.0 Å². The number of aryl methyl sites for hydroxylation is 15. The second-order valence-electron chi connectivity index (χ2n) is 34.4. The highest BCUT2D eigenvalue weighted by Crippen LogP contribution is 2.45. The molecule has 0 aliphatic heterocycles. The molecule has 0 saturated carbocycles. The molecule has 0 bridgehead atoms. The van der Waals surface area contributed by atoms with E-state index < -0.39 is 11.7 Å². The summed E-state index contributed by atoms with van der Waals surface area (Å²) in [5.74, 6) is 4.02. The first-order valence-electron chi connectivity index (χ1n) is 45.2. The molecule has 0 N–H and O–H groups in total. The van der Waals surface area contributed by atoms with Gasteiger partial charge in [0.2, 0.25) is 0 Å². The van der Waals surface area contributed by atoms with E-state index in [4.69, 9.17) is 34.2 Å². The Morgan fingerprint density at radius 1 is 0.298 bits per heavy atom. The van der Waals surface area contributed by atoms with Gasteiger partial charge in [-0.25, -0.2) is 19.6 Å². The number of rotatable bonds is 20. The first-order valence-corrected chi connectivity index (χ1v) is 46.4. The lowest BCUT2D eigenvalue weighted by molar-refractivity contribution is -0.137. The molecule has 0 spiro atoms. The highest BCUT2D eigenvalue weighted by molar-refractivity contribution is 9.10. The monoisotopic (exact) mass is 1970 g/mol. The molecule has 0 radical (unpaired) electrons. The van der Waals surface area contributed by atoms with E-state index in [2.05, 4.69) is 279 Å². The number of benzene rings is 10. The van der Waals surface area contributed by atoms with Crippen molar-refractivity contribution in [3.8, 4) is 84.1 Å². The third-order valence-corrected chi connectivity index (χ3v) is 25.9. The number of aromatic nitrogens is 17. The summed E-state index contributed by atoms with van der Waals surface area (Å²) < 4.78 is 78.0. The molecule has 0 saturated heterocycles. The van der Waals surface area contributed by atoms with Gasteiger partial charge in [-0.15, -0.1) is 15.3 Å². The molecule has 10 aromatic heterocycles. The fourth-order valence-electron chi connectivity index (χ4n) is 17.4. The molecule has 0 aliphatic carbocycles. The molecule has 0 aliphatic rings. The molecule has 0 amide bonds. The van der Waals surface area contributed by atoms with Crippen molar-refractivity contribution in [2.24, 2.45) is 0 Å². The molecule has 0 atom stereocenters. The van der Waals surface area contributed by atoms with Crippen molar-refractivity contribution in [3.05, 3.63) is 375 Å². The Labute approximate surface area is 828 Å². The average molecular weight is 1980 g/mol. The number of halogens is 5. The van der Waals surface area contributed by atoms with Crippen LogP contribution in [-0.2, 0) is 6.18 Å². The van der Waals surface area contributed by atoms with E-state index in [1.165, 1.54) is 51.6 Å². The van der Waals surface area contributed by atoms with Crippen LogP contribution in [0.1, 0.15) is 90.7 Å². The maximum absolute atomic E-state index is 13.8. The lowest BCUT2D eigenvalue weighted by atomic mass is 10.0. The zero-order chi connectivity index (χ0) is 99.9. The summed E-state index contributed by atoms with van der Waals surface area (Å²) in [5.41, 5.74) is 33.8. The lowest BCUT2D eigenvalue weighted by Gasteiger charge is -2.24. The highest BCUT2D eigenvalue weighted by Gasteiger charge is 2.35. The van der Waals surface area contributed by atoms with E-state index in [1.807, 2.05) is 158 Å². The number of anilines is 10. The standard InChI is InChI=1S/C23H21F3N4O.C22H21BrN4O.C22H21ClN4O.2C21H21N5O/c1-14-5-6-17(22-15(2)28-31-16(22)3)11-21(14)29(4)18-7-8-20(30-10-9-27-13-30)19(12-18)23(24,25)26;2*1-14-5-6-17(22-15(2)25-28-16(22)3)11-21(14)26(4)18-7-8-20(19(23)12-18)27-10-9-24-13-27;1-14-5-6-17(21-15(2)24-27-16(21)3)11-20(14)25(4)18-7-9-19(10-8-18)26-12-22-23-13-26;1-14-5-6-17(21-15(2)23-27-16(21)3)13-20(14)25(4)18-7-9-19(10-8-18)26-12-11-22-24-26/h5-13H,1-4H3;2*5-13H,1-4H3;2*5-13H,1-4H3. The number of hydrogen-bond donors (Lipinski definition) is 0. The summed E-state index contributed by atoms with van der Waals surface area (Å²) >= 11 is 10.2. The third kappa shape index (κ3) is 21.2. The fraction of sp³-hybridized carbons (Fsp3) is 0.193. The summed E-state index contributed by atoms with van der Waals surface area (Å²) in [7, 11) is 10.0. The molecular formula is C109H105BrClF3N22O5. The summed E-state index contributed by atoms with van der Waals surface area (Å²) in [4.78, 5) is 22.5. The number of nitrogens with zero attached hydrogens (tertiary/aromatic N) is 22. The maximum Gasteiger partial charge on any atom is 0.418 e. The first kappa shape index (κ1) is 97.8. The van der Waals surface area contributed by atoms with Crippen molar-refractivity contribution in [2.45, 2.75) is 110 Å². The molecule has 20 aromatic rings. The Morgan fingerprint density at radius 3 is 0.894 bits per heavy atom. The summed E-state index contributed by atoms with van der Waals surface area (Å²) in [6, 6.07) is 64.8. The van der Waals surface area contributed by atoms with Gasteiger partial charge in [0, 0.05) is 167 Å². The van der Waals surface area contributed by atoms with E-state index in [0.29, 0.717) is 16.5 Å². The van der Waals surface area contributed by atoms with Gasteiger partial charge in [-0.05, 0) is 309 Å². The smallest absolute Gasteiger partial charge is 0.361 e. The molecule has 27 nitrogen and oxygen atoms in total. The lowest BCUT2D eigenvalue weighted by Crippen LogP contribution is -2.15. The van der Waals surface area contributed by atoms with E-state index in [-0.39, 0.29) is 5.69 Å². The molecule has 10 aromatic carbocycles. The van der Waals surface area contributed by atoms with Crippen molar-refractivity contribution in [2.75, 3.05) is 59.7 Å². The molecule has 0 unspecified atom stereocenters. The molecule has 0 fully saturated rings. The van der Waals surface area contributed by atoms with E-state index >= 15 is 0 Å². The predicted molar refractivity (Wildman–Crippen MR) is 552 cm³/mol. The largest absolute Gasteiger partial charge is 0.418 e. The van der Waals surface area contributed by atoms with Crippen LogP contribution >= 0.6 is 27.5 Å². The second kappa shape index (κ2) is 42.0. The minimum atomic E-state index is -4.51. The van der Waals surface area contributed by atoms with Gasteiger partial charge in [-0.1, -0.05) is 103 Å². The highest BCUT2D eigenvalue weighted by atomic mass is 79.9. The number of alkyl halides is 3. The van der Waals surface area contributed by atoms with Crippen LogP contribution in [0.25, 0.3) is 84.1 Å². The van der Waals surface area contributed by atoms with Gasteiger partial charge in [0.05, 0.1) is 93.2 Å². The van der Waals surface area contributed by atoms with Crippen molar-refractivity contribution in [1.82, 2.24) is 84.2 Å². The van der Waals surface area contributed by atoms with Crippen molar-refractivity contribution < 1.29 is 35.8 Å². The zero-order valence-corrected chi connectivity index (χ0v) is 84.1. The van der Waals surface area contributed by atoms with Gasteiger partial charge in [0.1, 0.15) is 41.5 Å². The summed E-state index contributed by atoms with van der Waals surface area (Å²) in [6.07, 6.45) is 17.5. The first-order chi connectivity index (χ1) is 67.7. The molecular weight excluding hydrogens is 1870 g/mol. The second-order valence-corrected chi connectivity index (χ2v) is 35.7. The molecule has 32 heteroatoms. The minimum Gasteiger partial charge on any atom is -0.361 e. The molecule has 20 rings (SSSR count). The van der Waals surface area contributed by atoms with Crippen LogP contribution < -0.4 is 24.5 Å². The van der Waals surface area contributed by atoms with Crippen LogP contribution in [0.5, 0.6) is 0 Å². The average Bonchev–Trinajstić information content (AvgIpc) is 1.76. The Balaban J connectivity index is 0.000000127. The summed E-state index contributed by atoms with van der Waals surface area (Å²) in [6.45, 7) is 29.7. The predicted octanol–water partition coefficient (Wildman–Crippen LogP) is 27.3. The van der Waals surface area contributed by atoms with Crippen LogP contribution in [0, 0.1) is 104 Å². The minimum absolute atomic E-state index is 0.0309. The van der Waals surface area contributed by atoms with Gasteiger partial charge in [-0.2, -0.15) is 13.2 Å². The van der Waals surface area contributed by atoms with E-state index in [9.17, 15) is 13.2 Å². The molecule has 141 heavy (non-hydrogen) atoms. The van der Waals surface area contributed by atoms with Crippen molar-refractivity contribution >= 4 is 84.4 Å². The maximum atomic E-state index is 13.8. The van der Waals surface area contributed by atoms with Crippen LogP contribution in [-0.4, -0.2) is 119 Å². The molecule has 10 heterocycles. The molecule has 716 valence electrons. The van der Waals surface area contributed by atoms with Crippen LogP contribution in [0.2, 0.25) is 5.02 Å².